The van der Waals surface area contributed by atoms with Crippen LogP contribution in [0.5, 0.6) is 5.75 Å². The topological polar surface area (TPSA) is 111 Å². The lowest BCUT2D eigenvalue weighted by Crippen LogP contribution is -2.49. The van der Waals surface area contributed by atoms with Crippen LogP contribution in [0.25, 0.3) is 0 Å². The lowest BCUT2D eigenvalue weighted by molar-refractivity contribution is -0.0592. The van der Waals surface area contributed by atoms with Gasteiger partial charge < -0.3 is 14.4 Å². The first-order chi connectivity index (χ1) is 13.7. The summed E-state index contributed by atoms with van der Waals surface area (Å²) < 4.78 is 26.4. The molecule has 0 saturated carbocycles. The molecule has 10 nitrogen and oxygen atoms in total. The number of carbonyl (C=O) groups is 2. The number of anilines is 1. The number of nitrogens with one attached hydrogen (secondary N) is 1. The Morgan fingerprint density at radius 1 is 1.31 bits per heavy atom. The zero-order valence-corrected chi connectivity index (χ0v) is 17.2. The van der Waals surface area contributed by atoms with Crippen LogP contribution in [0.4, 0.5) is 15.1 Å². The number of hydrogen-bond donors (Lipinski definition) is 1. The Hall–Kier alpha value is -2.50. The number of aryl methyl sites for hydroxylation is 1. The van der Waals surface area contributed by atoms with E-state index in [0.717, 1.165) is 6.07 Å². The van der Waals surface area contributed by atoms with Gasteiger partial charge in [-0.3, -0.25) is 10.1 Å². The van der Waals surface area contributed by atoms with Crippen molar-refractivity contribution in [3.05, 3.63) is 27.5 Å². The number of nitrogens with zero attached hydrogens (tertiary/aromatic N) is 5. The van der Waals surface area contributed by atoms with Crippen molar-refractivity contribution < 1.29 is 23.5 Å². The first-order valence-corrected chi connectivity index (χ1v) is 9.26. The predicted octanol–water partition coefficient (Wildman–Crippen LogP) is 2.52. The van der Waals surface area contributed by atoms with Gasteiger partial charge in [0.1, 0.15) is 10.8 Å². The third kappa shape index (κ3) is 4.57. The SMILES string of the molecule is C[C@@H]1CN(C(=O)Oc2c(Cl)cc(F)c(C(=O)Nc3nnnn3C)c2Cl)C[C@H](C)O1. The Morgan fingerprint density at radius 2 is 1.97 bits per heavy atom. The van der Waals surface area contributed by atoms with Gasteiger partial charge in [0, 0.05) is 7.05 Å². The molecule has 2 amide bonds. The molecule has 156 valence electrons. The fraction of sp³-hybridized carbons (Fsp3) is 0.438. The van der Waals surface area contributed by atoms with Gasteiger partial charge in [-0.05, 0) is 30.3 Å². The summed E-state index contributed by atoms with van der Waals surface area (Å²) in [5, 5.41) is 12.1. The fourth-order valence-electron chi connectivity index (χ4n) is 2.85. The van der Waals surface area contributed by atoms with Crippen molar-refractivity contribution >= 4 is 41.2 Å². The van der Waals surface area contributed by atoms with Crippen LogP contribution < -0.4 is 10.1 Å². The van der Waals surface area contributed by atoms with E-state index >= 15 is 0 Å². The van der Waals surface area contributed by atoms with Gasteiger partial charge in [-0.15, -0.1) is 0 Å². The minimum Gasteiger partial charge on any atom is -0.407 e. The van der Waals surface area contributed by atoms with Gasteiger partial charge in [-0.1, -0.05) is 28.3 Å². The quantitative estimate of drug-likeness (QED) is 0.770. The Balaban J connectivity index is 1.86. The summed E-state index contributed by atoms with van der Waals surface area (Å²) >= 11 is 12.2. The first-order valence-electron chi connectivity index (χ1n) is 8.50. The highest BCUT2D eigenvalue weighted by Gasteiger charge is 2.30. The average Bonchev–Trinajstić information content (AvgIpc) is 3.02. The number of benzene rings is 1. The monoisotopic (exact) mass is 446 g/mol. The van der Waals surface area contributed by atoms with Gasteiger partial charge in [-0.2, -0.15) is 0 Å². The summed E-state index contributed by atoms with van der Waals surface area (Å²) in [5.74, 6) is -2.29. The molecule has 1 saturated heterocycles. The molecule has 0 aliphatic carbocycles. The molecule has 2 atom stereocenters. The van der Waals surface area contributed by atoms with E-state index in [9.17, 15) is 14.0 Å². The molecule has 1 aliphatic heterocycles. The highest BCUT2D eigenvalue weighted by Crippen LogP contribution is 2.38. The molecule has 1 aliphatic rings. The fourth-order valence-corrected chi connectivity index (χ4v) is 3.45. The normalized spacial score (nSPS) is 19.2. The van der Waals surface area contributed by atoms with Crippen molar-refractivity contribution in [2.75, 3.05) is 18.4 Å². The molecule has 1 N–H and O–H groups in total. The van der Waals surface area contributed by atoms with E-state index in [1.54, 1.807) is 0 Å². The van der Waals surface area contributed by atoms with Gasteiger partial charge in [0.2, 0.25) is 5.95 Å². The summed E-state index contributed by atoms with van der Waals surface area (Å²) in [7, 11) is 1.48. The third-order valence-electron chi connectivity index (χ3n) is 4.07. The molecule has 0 radical (unpaired) electrons. The van der Waals surface area contributed by atoms with E-state index in [4.69, 9.17) is 32.7 Å². The molecular formula is C16H17Cl2FN6O4. The Bertz CT molecular complexity index is 946. The van der Waals surface area contributed by atoms with Gasteiger partial charge >= 0.3 is 6.09 Å². The van der Waals surface area contributed by atoms with Crippen molar-refractivity contribution in [2.24, 2.45) is 7.05 Å². The molecule has 1 fully saturated rings. The lowest BCUT2D eigenvalue weighted by Gasteiger charge is -2.34. The molecule has 0 unspecified atom stereocenters. The molecule has 13 heteroatoms. The lowest BCUT2D eigenvalue weighted by atomic mass is 10.2. The highest BCUT2D eigenvalue weighted by molar-refractivity contribution is 6.39. The van der Waals surface area contributed by atoms with Crippen LogP contribution in [0.3, 0.4) is 0 Å². The number of amides is 2. The van der Waals surface area contributed by atoms with Crippen LogP contribution in [0.15, 0.2) is 6.07 Å². The number of ether oxygens (including phenoxy) is 2. The maximum absolute atomic E-state index is 14.4. The number of carbonyl (C=O) groups excluding carboxylic acids is 2. The summed E-state index contributed by atoms with van der Waals surface area (Å²) in [6, 6.07) is 0.838. The van der Waals surface area contributed by atoms with E-state index in [0.29, 0.717) is 13.1 Å². The molecule has 0 spiro atoms. The van der Waals surface area contributed by atoms with Crippen LogP contribution in [-0.2, 0) is 11.8 Å². The standard InChI is InChI=1S/C16H17Cl2FN6O4/c1-7-5-25(6-8(2)28-7)16(27)29-13-9(17)4-10(19)11(12(13)18)14(26)20-15-21-22-23-24(15)3/h4,7-8H,5-6H2,1-3H3,(H,20,21,23,26)/t7-,8+. The van der Waals surface area contributed by atoms with Gasteiger partial charge in [-0.25, -0.2) is 13.9 Å². The van der Waals surface area contributed by atoms with Crippen LogP contribution >= 0.6 is 23.2 Å². The Labute approximate surface area is 174 Å². The number of aromatic nitrogens is 4. The molecule has 1 aromatic heterocycles. The molecule has 3 rings (SSSR count). The second-order valence-electron chi connectivity index (χ2n) is 6.47. The minimum atomic E-state index is -0.999. The summed E-state index contributed by atoms with van der Waals surface area (Å²) in [4.78, 5) is 26.4. The van der Waals surface area contributed by atoms with Gasteiger partial charge in [0.25, 0.3) is 5.91 Å². The number of tetrazole rings is 1. The van der Waals surface area contributed by atoms with Crippen molar-refractivity contribution in [1.82, 2.24) is 25.1 Å². The molecular weight excluding hydrogens is 430 g/mol. The molecule has 2 heterocycles. The molecule has 2 aromatic rings. The van der Waals surface area contributed by atoms with E-state index in [2.05, 4.69) is 20.8 Å². The van der Waals surface area contributed by atoms with Crippen molar-refractivity contribution in [3.63, 3.8) is 0 Å². The van der Waals surface area contributed by atoms with E-state index < -0.39 is 28.4 Å². The number of morpholine rings is 1. The smallest absolute Gasteiger partial charge is 0.407 e. The Morgan fingerprint density at radius 3 is 2.55 bits per heavy atom. The zero-order valence-electron chi connectivity index (χ0n) is 15.6. The summed E-state index contributed by atoms with van der Waals surface area (Å²) in [6.45, 7) is 4.23. The molecule has 29 heavy (non-hydrogen) atoms. The number of hydrogen-bond acceptors (Lipinski definition) is 7. The second-order valence-corrected chi connectivity index (χ2v) is 7.25. The Kier molecular flexibility index (Phi) is 6.20. The molecule has 1 aromatic carbocycles. The van der Waals surface area contributed by atoms with Crippen LogP contribution in [0.1, 0.15) is 24.2 Å². The largest absolute Gasteiger partial charge is 0.415 e. The van der Waals surface area contributed by atoms with Gasteiger partial charge in [0.05, 0.1) is 35.9 Å². The van der Waals surface area contributed by atoms with Crippen molar-refractivity contribution in [3.8, 4) is 5.75 Å². The summed E-state index contributed by atoms with van der Waals surface area (Å²) in [5.41, 5.74) is -0.564. The van der Waals surface area contributed by atoms with Crippen LogP contribution in [0, 0.1) is 5.82 Å². The van der Waals surface area contributed by atoms with Crippen LogP contribution in [0.2, 0.25) is 10.0 Å². The predicted molar refractivity (Wildman–Crippen MR) is 101 cm³/mol. The van der Waals surface area contributed by atoms with Crippen LogP contribution in [-0.4, -0.2) is 62.4 Å². The summed E-state index contributed by atoms with van der Waals surface area (Å²) in [6.07, 6.45) is -1.12. The maximum Gasteiger partial charge on any atom is 0.415 e. The maximum atomic E-state index is 14.4. The average molecular weight is 447 g/mol. The minimum absolute atomic E-state index is 0.0322. The van der Waals surface area contributed by atoms with Crippen molar-refractivity contribution in [1.29, 1.82) is 0 Å². The highest BCUT2D eigenvalue weighted by atomic mass is 35.5. The number of rotatable bonds is 3. The van der Waals surface area contributed by atoms with E-state index in [-0.39, 0.29) is 28.9 Å². The first kappa shape index (κ1) is 21.2. The second kappa shape index (κ2) is 8.47. The van der Waals surface area contributed by atoms with E-state index in [1.165, 1.54) is 16.6 Å². The van der Waals surface area contributed by atoms with E-state index in [1.807, 2.05) is 13.8 Å². The van der Waals surface area contributed by atoms with Gasteiger partial charge in [0.15, 0.2) is 5.75 Å². The van der Waals surface area contributed by atoms with Crippen molar-refractivity contribution in [2.45, 2.75) is 26.1 Å². The third-order valence-corrected chi connectivity index (χ3v) is 4.71. The zero-order chi connectivity index (χ0) is 21.3. The molecule has 0 bridgehead atoms. The number of halogens is 3.